The smallest absolute Gasteiger partial charge is 0.334 e. The molecule has 31 heavy (non-hydrogen) atoms. The molecule has 0 N–H and O–H groups in total. The van der Waals surface area contributed by atoms with E-state index in [1.165, 1.54) is 0 Å². The number of nitrogens with zero attached hydrogens (tertiary/aromatic N) is 2. The van der Waals surface area contributed by atoms with E-state index in [0.717, 1.165) is 42.3 Å². The quantitative estimate of drug-likeness (QED) is 0.243. The maximum Gasteiger partial charge on any atom is 0.334 e. The van der Waals surface area contributed by atoms with Crippen molar-refractivity contribution in [1.82, 2.24) is 9.55 Å². The van der Waals surface area contributed by atoms with Crippen LogP contribution in [0.2, 0.25) is 19.6 Å². The zero-order valence-corrected chi connectivity index (χ0v) is 21.2. The Balaban J connectivity index is 2.37. The van der Waals surface area contributed by atoms with Crippen molar-refractivity contribution < 1.29 is 18.7 Å². The molecule has 0 amide bonds. The third-order valence-corrected chi connectivity index (χ3v) is 8.02. The van der Waals surface area contributed by atoms with Gasteiger partial charge in [-0.05, 0) is 45.4 Å². The topological polar surface area (TPSA) is 66.5 Å². The fourth-order valence-corrected chi connectivity index (χ4v) is 3.59. The van der Waals surface area contributed by atoms with Crippen LogP contribution in [0.1, 0.15) is 56.7 Å². The number of aromatic nitrogens is 2. The van der Waals surface area contributed by atoms with Crippen molar-refractivity contribution in [3.8, 4) is 0 Å². The number of aryl methyl sites for hydroxylation is 2. The van der Waals surface area contributed by atoms with Gasteiger partial charge in [0.25, 0.3) is 0 Å². The van der Waals surface area contributed by atoms with E-state index in [0.29, 0.717) is 25.3 Å². The Morgan fingerprint density at radius 1 is 1.29 bits per heavy atom. The average Bonchev–Trinajstić information content (AvgIpc) is 3.28. The number of unbranched alkanes of at least 4 members (excludes halogenated alkanes) is 1. The molecule has 0 spiro atoms. The first-order valence-corrected chi connectivity index (χ1v) is 14.8. The lowest BCUT2D eigenvalue weighted by molar-refractivity contribution is -0.138. The van der Waals surface area contributed by atoms with E-state index in [9.17, 15) is 4.79 Å². The summed E-state index contributed by atoms with van der Waals surface area (Å²) in [6.45, 7) is 15.7. The van der Waals surface area contributed by atoms with Crippen LogP contribution in [-0.4, -0.2) is 35.9 Å². The number of carbonyl (C=O) groups is 1. The Labute approximate surface area is 187 Å². The summed E-state index contributed by atoms with van der Waals surface area (Å²) < 4.78 is 19.3. The minimum atomic E-state index is -1.42. The monoisotopic (exact) mass is 446 g/mol. The molecular weight excluding hydrogens is 408 g/mol. The minimum absolute atomic E-state index is 0.210. The number of ether oxygens (including phenoxy) is 2. The molecule has 2 rings (SSSR count). The molecule has 0 aromatic carbocycles. The van der Waals surface area contributed by atoms with Gasteiger partial charge >= 0.3 is 5.97 Å². The fraction of sp³-hybridized carbons (Fsp3) is 0.583. The lowest BCUT2D eigenvalue weighted by atomic mass is 10.1. The molecular formula is C24H38N2O4Si. The summed E-state index contributed by atoms with van der Waals surface area (Å²) in [7, 11) is -1.42. The SMILES string of the molecule is CCCCc1ncc(/C=C(/Cc2ccc(C)o2)C(=O)OCC)n1COC(C)[Si](C)(C)C. The Morgan fingerprint density at radius 3 is 2.61 bits per heavy atom. The van der Waals surface area contributed by atoms with Gasteiger partial charge in [-0.3, -0.25) is 0 Å². The average molecular weight is 447 g/mol. The highest BCUT2D eigenvalue weighted by atomic mass is 28.3. The number of furan rings is 1. The Bertz CT molecular complexity index is 877. The van der Waals surface area contributed by atoms with Crippen molar-refractivity contribution >= 4 is 20.1 Å². The van der Waals surface area contributed by atoms with Crippen LogP contribution in [0.25, 0.3) is 6.08 Å². The Hall–Kier alpha value is -2.12. The molecule has 0 aliphatic carbocycles. The van der Waals surface area contributed by atoms with Gasteiger partial charge in [0.05, 0.1) is 26.6 Å². The number of imidazole rings is 1. The molecule has 0 aliphatic heterocycles. The van der Waals surface area contributed by atoms with E-state index in [2.05, 4.69) is 43.0 Å². The Morgan fingerprint density at radius 2 is 2.03 bits per heavy atom. The van der Waals surface area contributed by atoms with Gasteiger partial charge in [-0.1, -0.05) is 33.0 Å². The van der Waals surface area contributed by atoms with Gasteiger partial charge in [0.1, 0.15) is 24.1 Å². The highest BCUT2D eigenvalue weighted by Gasteiger charge is 2.24. The molecule has 2 heterocycles. The fourth-order valence-electron chi connectivity index (χ4n) is 3.02. The maximum absolute atomic E-state index is 12.7. The van der Waals surface area contributed by atoms with Crippen molar-refractivity contribution in [2.75, 3.05) is 6.61 Å². The van der Waals surface area contributed by atoms with E-state index in [-0.39, 0.29) is 11.7 Å². The number of hydrogen-bond acceptors (Lipinski definition) is 5. The van der Waals surface area contributed by atoms with Crippen molar-refractivity contribution in [2.24, 2.45) is 0 Å². The van der Waals surface area contributed by atoms with Gasteiger partial charge < -0.3 is 18.5 Å². The molecule has 0 radical (unpaired) electrons. The van der Waals surface area contributed by atoms with Crippen LogP contribution in [-0.2, 0) is 33.8 Å². The molecule has 6 nitrogen and oxygen atoms in total. The van der Waals surface area contributed by atoms with E-state index >= 15 is 0 Å². The molecule has 0 aliphatic rings. The van der Waals surface area contributed by atoms with E-state index < -0.39 is 8.07 Å². The molecule has 1 atom stereocenters. The third kappa shape index (κ3) is 7.50. The van der Waals surface area contributed by atoms with Crippen LogP contribution >= 0.6 is 0 Å². The molecule has 0 saturated carbocycles. The molecule has 0 fully saturated rings. The molecule has 7 heteroatoms. The summed E-state index contributed by atoms with van der Waals surface area (Å²) in [4.78, 5) is 17.3. The number of esters is 1. The largest absolute Gasteiger partial charge is 0.466 e. The summed E-state index contributed by atoms with van der Waals surface area (Å²) in [6, 6.07) is 3.79. The second kappa shape index (κ2) is 11.5. The van der Waals surface area contributed by atoms with Crippen LogP contribution in [0.3, 0.4) is 0 Å². The van der Waals surface area contributed by atoms with Crippen molar-refractivity contribution in [3.05, 3.63) is 46.9 Å². The summed E-state index contributed by atoms with van der Waals surface area (Å²) in [5.74, 6) is 2.19. The second-order valence-electron chi connectivity index (χ2n) is 9.01. The molecule has 2 aromatic rings. The lowest BCUT2D eigenvalue weighted by Crippen LogP contribution is -2.38. The lowest BCUT2D eigenvalue weighted by Gasteiger charge is -2.26. The molecule has 2 aromatic heterocycles. The predicted molar refractivity (Wildman–Crippen MR) is 126 cm³/mol. The summed E-state index contributed by atoms with van der Waals surface area (Å²) in [5.41, 5.74) is 1.60. The van der Waals surface area contributed by atoms with E-state index in [1.54, 1.807) is 0 Å². The summed E-state index contributed by atoms with van der Waals surface area (Å²) in [5, 5.41) is 0. The third-order valence-electron chi connectivity index (χ3n) is 5.42. The van der Waals surface area contributed by atoms with Crippen LogP contribution < -0.4 is 0 Å². The number of rotatable bonds is 12. The first-order valence-electron chi connectivity index (χ1n) is 11.2. The number of carbonyl (C=O) groups excluding carboxylic acids is 1. The molecule has 0 saturated heterocycles. The standard InChI is InChI=1S/C24H38N2O4Si/c1-8-10-11-23-25-16-21(26(23)17-29-19(4)31(5,6)7)14-20(24(27)28-9-2)15-22-13-12-18(3)30-22/h12-14,16,19H,8-11,15,17H2,1-7H3/b20-14-. The van der Waals surface area contributed by atoms with Crippen molar-refractivity contribution in [2.45, 2.75) is 85.5 Å². The first kappa shape index (κ1) is 25.1. The van der Waals surface area contributed by atoms with Crippen molar-refractivity contribution in [3.63, 3.8) is 0 Å². The van der Waals surface area contributed by atoms with Gasteiger partial charge in [0.2, 0.25) is 0 Å². The van der Waals surface area contributed by atoms with Crippen LogP contribution in [0.15, 0.2) is 28.3 Å². The Kier molecular flexibility index (Phi) is 9.31. The van der Waals surface area contributed by atoms with Gasteiger partial charge in [-0.15, -0.1) is 0 Å². The molecule has 0 bridgehead atoms. The van der Waals surface area contributed by atoms with Gasteiger partial charge in [0, 0.05) is 24.1 Å². The van der Waals surface area contributed by atoms with E-state index in [1.807, 2.05) is 38.3 Å². The number of hydrogen-bond donors (Lipinski definition) is 0. The van der Waals surface area contributed by atoms with Gasteiger partial charge in [0.15, 0.2) is 0 Å². The van der Waals surface area contributed by atoms with Crippen LogP contribution in [0.5, 0.6) is 0 Å². The highest BCUT2D eigenvalue weighted by molar-refractivity contribution is 6.77. The molecule has 172 valence electrons. The van der Waals surface area contributed by atoms with Crippen LogP contribution in [0.4, 0.5) is 0 Å². The zero-order chi connectivity index (χ0) is 23.0. The zero-order valence-electron chi connectivity index (χ0n) is 20.2. The normalized spacial score (nSPS) is 13.5. The summed E-state index contributed by atoms with van der Waals surface area (Å²) in [6.07, 6.45) is 7.08. The van der Waals surface area contributed by atoms with Crippen LogP contribution in [0, 0.1) is 6.92 Å². The highest BCUT2D eigenvalue weighted by Crippen LogP contribution is 2.20. The second-order valence-corrected chi connectivity index (χ2v) is 14.6. The van der Waals surface area contributed by atoms with E-state index in [4.69, 9.17) is 13.9 Å². The van der Waals surface area contributed by atoms with Gasteiger partial charge in [-0.25, -0.2) is 9.78 Å². The summed E-state index contributed by atoms with van der Waals surface area (Å²) >= 11 is 0. The first-order chi connectivity index (χ1) is 14.7. The molecule has 1 unspecified atom stereocenters. The van der Waals surface area contributed by atoms with Gasteiger partial charge in [-0.2, -0.15) is 0 Å². The van der Waals surface area contributed by atoms with Crippen molar-refractivity contribution in [1.29, 1.82) is 0 Å². The minimum Gasteiger partial charge on any atom is -0.466 e. The predicted octanol–water partition coefficient (Wildman–Crippen LogP) is 5.56. The maximum atomic E-state index is 12.7.